The summed E-state index contributed by atoms with van der Waals surface area (Å²) in [6.45, 7) is 6.17. The molecule has 4 nitrogen and oxygen atoms in total. The number of hydrogen-bond donors (Lipinski definition) is 2. The molecular weight excluding hydrogens is 214 g/mol. The van der Waals surface area contributed by atoms with E-state index in [0.29, 0.717) is 17.3 Å². The second kappa shape index (κ2) is 4.79. The van der Waals surface area contributed by atoms with E-state index >= 15 is 0 Å². The fraction of sp³-hybridized carbons (Fsp3) is 0.500. The zero-order chi connectivity index (χ0) is 11.5. The maximum atomic E-state index is 5.82. The smallest absolute Gasteiger partial charge is 0.0876 e. The quantitative estimate of drug-likeness (QED) is 0.782. The number of nitrogens with one attached hydrogen (secondary N) is 1. The highest BCUT2D eigenvalue weighted by Crippen LogP contribution is 2.19. The number of halogens is 1. The van der Waals surface area contributed by atoms with Crippen LogP contribution in [-0.4, -0.2) is 10.6 Å². The molecule has 0 amide bonds. The molecule has 0 aliphatic heterocycles. The third-order valence-corrected chi connectivity index (χ3v) is 1.80. The Morgan fingerprint density at radius 1 is 1.53 bits per heavy atom. The minimum atomic E-state index is -0.284. The number of nitrogens with two attached hydrogens (primary N) is 1. The lowest BCUT2D eigenvalue weighted by molar-refractivity contribution is 0.0373. The molecule has 0 fully saturated rings. The first-order valence-electron chi connectivity index (χ1n) is 4.71. The summed E-state index contributed by atoms with van der Waals surface area (Å²) in [5, 5.41) is 0.548. The standard InChI is InChI=1S/C10H16ClN3O/c1-10(2,3)15-14-8-4-7(11)6-13-9(8)5-12/h4,6,14H,5,12H2,1-3H3. The molecule has 0 saturated carbocycles. The Morgan fingerprint density at radius 2 is 2.20 bits per heavy atom. The fourth-order valence-electron chi connectivity index (χ4n) is 0.927. The number of anilines is 1. The summed E-state index contributed by atoms with van der Waals surface area (Å²) in [7, 11) is 0. The van der Waals surface area contributed by atoms with Gasteiger partial charge in [-0.25, -0.2) is 0 Å². The van der Waals surface area contributed by atoms with E-state index in [4.69, 9.17) is 22.2 Å². The number of nitrogens with zero attached hydrogens (tertiary/aromatic N) is 1. The number of hydrogen-bond acceptors (Lipinski definition) is 4. The molecule has 0 unspecified atom stereocenters. The van der Waals surface area contributed by atoms with E-state index in [1.807, 2.05) is 20.8 Å². The van der Waals surface area contributed by atoms with Crippen LogP contribution in [0.5, 0.6) is 0 Å². The first kappa shape index (κ1) is 12.2. The average molecular weight is 230 g/mol. The molecule has 0 aromatic carbocycles. The highest BCUT2D eigenvalue weighted by molar-refractivity contribution is 6.30. The monoisotopic (exact) mass is 229 g/mol. The minimum absolute atomic E-state index is 0.284. The van der Waals surface area contributed by atoms with Crippen LogP contribution in [-0.2, 0) is 11.4 Å². The van der Waals surface area contributed by atoms with E-state index in [2.05, 4.69) is 10.5 Å². The summed E-state index contributed by atoms with van der Waals surface area (Å²) in [6, 6.07) is 1.74. The van der Waals surface area contributed by atoms with Crippen LogP contribution in [0, 0.1) is 0 Å². The molecule has 5 heteroatoms. The van der Waals surface area contributed by atoms with E-state index in [0.717, 1.165) is 5.69 Å². The van der Waals surface area contributed by atoms with Crippen molar-refractivity contribution in [2.45, 2.75) is 32.9 Å². The third-order valence-electron chi connectivity index (χ3n) is 1.60. The van der Waals surface area contributed by atoms with Crippen molar-refractivity contribution in [2.75, 3.05) is 5.48 Å². The lowest BCUT2D eigenvalue weighted by atomic mass is 10.2. The van der Waals surface area contributed by atoms with Crippen LogP contribution >= 0.6 is 11.6 Å². The topological polar surface area (TPSA) is 60.2 Å². The third kappa shape index (κ3) is 4.03. The van der Waals surface area contributed by atoms with Crippen molar-refractivity contribution in [1.29, 1.82) is 0 Å². The highest BCUT2D eigenvalue weighted by atomic mass is 35.5. The van der Waals surface area contributed by atoms with Gasteiger partial charge in [-0.05, 0) is 26.8 Å². The average Bonchev–Trinajstić information content (AvgIpc) is 2.14. The van der Waals surface area contributed by atoms with Gasteiger partial charge in [0.2, 0.25) is 0 Å². The van der Waals surface area contributed by atoms with Crippen molar-refractivity contribution in [3.05, 3.63) is 23.0 Å². The highest BCUT2D eigenvalue weighted by Gasteiger charge is 2.12. The Kier molecular flexibility index (Phi) is 3.90. The predicted octanol–water partition coefficient (Wildman–Crippen LogP) is 2.34. The Labute approximate surface area is 94.7 Å². The van der Waals surface area contributed by atoms with Crippen molar-refractivity contribution in [3.8, 4) is 0 Å². The molecule has 1 aromatic rings. The first-order chi connectivity index (χ1) is 6.92. The van der Waals surface area contributed by atoms with Crippen LogP contribution in [0.15, 0.2) is 12.3 Å². The maximum Gasteiger partial charge on any atom is 0.0876 e. The van der Waals surface area contributed by atoms with Crippen LogP contribution in [0.25, 0.3) is 0 Å². The molecule has 0 aliphatic carbocycles. The molecule has 15 heavy (non-hydrogen) atoms. The van der Waals surface area contributed by atoms with Crippen LogP contribution in [0.2, 0.25) is 5.02 Å². The molecule has 84 valence electrons. The first-order valence-corrected chi connectivity index (χ1v) is 5.08. The second-order valence-electron chi connectivity index (χ2n) is 4.17. The van der Waals surface area contributed by atoms with Gasteiger partial charge in [-0.15, -0.1) is 0 Å². The largest absolute Gasteiger partial charge is 0.325 e. The fourth-order valence-corrected chi connectivity index (χ4v) is 1.08. The van der Waals surface area contributed by atoms with Gasteiger partial charge in [-0.2, -0.15) is 0 Å². The molecular formula is C10H16ClN3O. The zero-order valence-electron chi connectivity index (χ0n) is 9.17. The molecule has 0 aliphatic rings. The van der Waals surface area contributed by atoms with Gasteiger partial charge in [0, 0.05) is 12.7 Å². The van der Waals surface area contributed by atoms with E-state index < -0.39 is 0 Å². The summed E-state index contributed by atoms with van der Waals surface area (Å²) >= 11 is 5.82. The van der Waals surface area contributed by atoms with Gasteiger partial charge in [-0.3, -0.25) is 15.3 Å². The van der Waals surface area contributed by atoms with E-state index in [1.165, 1.54) is 0 Å². The molecule has 1 aromatic heterocycles. The Morgan fingerprint density at radius 3 is 2.73 bits per heavy atom. The van der Waals surface area contributed by atoms with Crippen LogP contribution in [0.3, 0.4) is 0 Å². The van der Waals surface area contributed by atoms with Crippen molar-refractivity contribution < 1.29 is 4.84 Å². The summed E-state index contributed by atoms with van der Waals surface area (Å²) in [4.78, 5) is 9.51. The van der Waals surface area contributed by atoms with Gasteiger partial charge in [0.05, 0.1) is 22.0 Å². The van der Waals surface area contributed by atoms with Crippen molar-refractivity contribution in [2.24, 2.45) is 5.73 Å². The molecule has 0 spiro atoms. The van der Waals surface area contributed by atoms with Gasteiger partial charge in [0.15, 0.2) is 0 Å². The van der Waals surface area contributed by atoms with E-state index in [-0.39, 0.29) is 5.60 Å². The van der Waals surface area contributed by atoms with Gasteiger partial charge < -0.3 is 5.73 Å². The molecule has 0 atom stereocenters. The lowest BCUT2D eigenvalue weighted by Crippen LogP contribution is -2.23. The van der Waals surface area contributed by atoms with Crippen LogP contribution in [0.1, 0.15) is 26.5 Å². The maximum absolute atomic E-state index is 5.82. The lowest BCUT2D eigenvalue weighted by Gasteiger charge is -2.20. The van der Waals surface area contributed by atoms with E-state index in [9.17, 15) is 0 Å². The molecule has 0 saturated heterocycles. The number of aromatic nitrogens is 1. The Balaban J connectivity index is 2.79. The van der Waals surface area contributed by atoms with Crippen LogP contribution < -0.4 is 11.2 Å². The van der Waals surface area contributed by atoms with Crippen molar-refractivity contribution >= 4 is 17.3 Å². The summed E-state index contributed by atoms with van der Waals surface area (Å²) < 4.78 is 0. The summed E-state index contributed by atoms with van der Waals surface area (Å²) in [5.74, 6) is 0. The number of rotatable bonds is 3. The van der Waals surface area contributed by atoms with Crippen molar-refractivity contribution in [1.82, 2.24) is 4.98 Å². The van der Waals surface area contributed by atoms with E-state index in [1.54, 1.807) is 12.3 Å². The van der Waals surface area contributed by atoms with Gasteiger partial charge in [0.1, 0.15) is 0 Å². The summed E-state index contributed by atoms with van der Waals surface area (Å²) in [5.41, 5.74) is 9.51. The van der Waals surface area contributed by atoms with Gasteiger partial charge in [-0.1, -0.05) is 11.6 Å². The summed E-state index contributed by atoms with van der Waals surface area (Å²) in [6.07, 6.45) is 1.56. The zero-order valence-corrected chi connectivity index (χ0v) is 9.93. The van der Waals surface area contributed by atoms with Crippen LogP contribution in [0.4, 0.5) is 5.69 Å². The molecule has 1 heterocycles. The van der Waals surface area contributed by atoms with Crippen molar-refractivity contribution in [3.63, 3.8) is 0 Å². The normalized spacial score (nSPS) is 11.5. The number of pyridine rings is 1. The second-order valence-corrected chi connectivity index (χ2v) is 4.60. The van der Waals surface area contributed by atoms with Gasteiger partial charge >= 0.3 is 0 Å². The molecule has 0 radical (unpaired) electrons. The Bertz CT molecular complexity index is 336. The predicted molar refractivity (Wildman–Crippen MR) is 61.6 cm³/mol. The Hall–Kier alpha value is -0.840. The molecule has 3 N–H and O–H groups in total. The van der Waals surface area contributed by atoms with Gasteiger partial charge in [0.25, 0.3) is 0 Å². The molecule has 0 bridgehead atoms. The minimum Gasteiger partial charge on any atom is -0.325 e. The molecule has 1 rings (SSSR count). The SMILES string of the molecule is CC(C)(C)ONc1cc(Cl)cnc1CN.